The first kappa shape index (κ1) is 15.0. The maximum absolute atomic E-state index is 13.3. The molecule has 0 amide bonds. The first-order chi connectivity index (χ1) is 9.69. The largest absolute Gasteiger partial charge is 0.459 e. The molecular formula is C16H22FNO2. The first-order valence-electron chi connectivity index (χ1n) is 7.23. The van der Waals surface area contributed by atoms with Crippen LogP contribution in [-0.4, -0.2) is 19.3 Å². The Morgan fingerprint density at radius 1 is 1.25 bits per heavy atom. The van der Waals surface area contributed by atoms with Crippen molar-refractivity contribution in [3.63, 3.8) is 0 Å². The molecule has 0 aliphatic rings. The summed E-state index contributed by atoms with van der Waals surface area (Å²) in [5.41, 5.74) is 0.704. The van der Waals surface area contributed by atoms with E-state index in [0.29, 0.717) is 12.2 Å². The van der Waals surface area contributed by atoms with Crippen LogP contribution in [0, 0.1) is 5.82 Å². The van der Waals surface area contributed by atoms with Crippen LogP contribution in [0.25, 0.3) is 11.0 Å². The van der Waals surface area contributed by atoms with E-state index in [1.165, 1.54) is 12.1 Å². The number of fused-ring (bicyclic) bond motifs is 1. The topological polar surface area (TPSA) is 34.4 Å². The maximum Gasteiger partial charge on any atom is 0.134 e. The lowest BCUT2D eigenvalue weighted by Crippen LogP contribution is -2.33. The third-order valence-electron chi connectivity index (χ3n) is 3.38. The molecular weight excluding hydrogens is 257 g/mol. The van der Waals surface area contributed by atoms with Crippen LogP contribution in [-0.2, 0) is 4.74 Å². The molecule has 1 heterocycles. The smallest absolute Gasteiger partial charge is 0.134 e. The molecule has 0 fully saturated rings. The molecule has 1 aromatic carbocycles. The van der Waals surface area contributed by atoms with E-state index in [0.717, 1.165) is 24.1 Å². The van der Waals surface area contributed by atoms with Crippen LogP contribution < -0.4 is 5.32 Å². The van der Waals surface area contributed by atoms with Gasteiger partial charge in [-0.05, 0) is 44.2 Å². The van der Waals surface area contributed by atoms with Crippen molar-refractivity contribution in [1.82, 2.24) is 5.32 Å². The Bertz CT molecular complexity index is 552. The standard InChI is InChI=1S/C16H22FNO2/c1-4-13(19-6-3)16(18-5-2)15-10-11-9-12(17)7-8-14(11)20-15/h7-10,13,16,18H,4-6H2,1-3H3. The van der Waals surface area contributed by atoms with E-state index in [9.17, 15) is 4.39 Å². The van der Waals surface area contributed by atoms with Crippen molar-refractivity contribution in [1.29, 1.82) is 0 Å². The highest BCUT2D eigenvalue weighted by Crippen LogP contribution is 2.28. The number of likely N-dealkylation sites (N-methyl/N-ethyl adjacent to an activating group) is 1. The number of hydrogen-bond donors (Lipinski definition) is 1. The summed E-state index contributed by atoms with van der Waals surface area (Å²) in [6, 6.07) is 6.46. The molecule has 2 aromatic rings. The van der Waals surface area contributed by atoms with Crippen LogP contribution >= 0.6 is 0 Å². The second kappa shape index (κ2) is 6.86. The molecule has 0 saturated heterocycles. The van der Waals surface area contributed by atoms with Crippen LogP contribution in [0.5, 0.6) is 0 Å². The molecule has 0 aliphatic heterocycles. The highest BCUT2D eigenvalue weighted by Gasteiger charge is 2.24. The molecule has 2 unspecified atom stereocenters. The van der Waals surface area contributed by atoms with Crippen molar-refractivity contribution in [2.75, 3.05) is 13.2 Å². The summed E-state index contributed by atoms with van der Waals surface area (Å²) in [6.07, 6.45) is 0.932. The van der Waals surface area contributed by atoms with Crippen molar-refractivity contribution >= 4 is 11.0 Å². The van der Waals surface area contributed by atoms with E-state index < -0.39 is 0 Å². The Morgan fingerprint density at radius 3 is 2.70 bits per heavy atom. The predicted molar refractivity (Wildman–Crippen MR) is 78.3 cm³/mol. The van der Waals surface area contributed by atoms with Gasteiger partial charge in [0, 0.05) is 12.0 Å². The third-order valence-corrected chi connectivity index (χ3v) is 3.38. The molecule has 1 aromatic heterocycles. The van der Waals surface area contributed by atoms with Crippen LogP contribution in [0.4, 0.5) is 4.39 Å². The van der Waals surface area contributed by atoms with Crippen LogP contribution in [0.1, 0.15) is 39.0 Å². The van der Waals surface area contributed by atoms with E-state index in [4.69, 9.17) is 9.15 Å². The minimum Gasteiger partial charge on any atom is -0.459 e. The zero-order valence-corrected chi connectivity index (χ0v) is 12.3. The molecule has 0 bridgehead atoms. The molecule has 0 saturated carbocycles. The number of benzene rings is 1. The molecule has 20 heavy (non-hydrogen) atoms. The van der Waals surface area contributed by atoms with E-state index in [-0.39, 0.29) is 18.0 Å². The quantitative estimate of drug-likeness (QED) is 0.830. The fourth-order valence-electron chi connectivity index (χ4n) is 2.49. The third kappa shape index (κ3) is 3.19. The Hall–Kier alpha value is -1.39. The monoisotopic (exact) mass is 279 g/mol. The molecule has 2 atom stereocenters. The van der Waals surface area contributed by atoms with Crippen molar-refractivity contribution in [2.24, 2.45) is 0 Å². The molecule has 0 spiro atoms. The van der Waals surface area contributed by atoms with E-state index in [2.05, 4.69) is 12.2 Å². The van der Waals surface area contributed by atoms with Gasteiger partial charge >= 0.3 is 0 Å². The zero-order chi connectivity index (χ0) is 14.5. The number of ether oxygens (including phenoxy) is 1. The number of hydrogen-bond acceptors (Lipinski definition) is 3. The Kier molecular flexibility index (Phi) is 5.15. The van der Waals surface area contributed by atoms with Gasteiger partial charge < -0.3 is 14.5 Å². The molecule has 0 radical (unpaired) electrons. The minimum atomic E-state index is -0.248. The van der Waals surface area contributed by atoms with Crippen LogP contribution in [0.15, 0.2) is 28.7 Å². The van der Waals surface area contributed by atoms with Gasteiger partial charge in [0.15, 0.2) is 0 Å². The van der Waals surface area contributed by atoms with Gasteiger partial charge in [-0.2, -0.15) is 0 Å². The van der Waals surface area contributed by atoms with Crippen molar-refractivity contribution in [2.45, 2.75) is 39.3 Å². The molecule has 4 heteroatoms. The lowest BCUT2D eigenvalue weighted by molar-refractivity contribution is 0.0267. The maximum atomic E-state index is 13.3. The Morgan fingerprint density at radius 2 is 2.05 bits per heavy atom. The van der Waals surface area contributed by atoms with E-state index in [1.807, 2.05) is 19.9 Å². The lowest BCUT2D eigenvalue weighted by atomic mass is 10.1. The summed E-state index contributed by atoms with van der Waals surface area (Å²) in [7, 11) is 0. The van der Waals surface area contributed by atoms with Gasteiger partial charge in [0.25, 0.3) is 0 Å². The van der Waals surface area contributed by atoms with E-state index in [1.54, 1.807) is 6.07 Å². The summed E-state index contributed by atoms with van der Waals surface area (Å²) in [6.45, 7) is 7.61. The van der Waals surface area contributed by atoms with Crippen molar-refractivity contribution < 1.29 is 13.5 Å². The predicted octanol–water partition coefficient (Wildman–Crippen LogP) is 4.04. The number of rotatable bonds is 7. The first-order valence-corrected chi connectivity index (χ1v) is 7.23. The average molecular weight is 279 g/mol. The van der Waals surface area contributed by atoms with Gasteiger partial charge in [0.05, 0.1) is 12.1 Å². The van der Waals surface area contributed by atoms with Crippen LogP contribution in [0.2, 0.25) is 0 Å². The summed E-state index contributed by atoms with van der Waals surface area (Å²) >= 11 is 0. The molecule has 3 nitrogen and oxygen atoms in total. The molecule has 1 N–H and O–H groups in total. The lowest BCUT2D eigenvalue weighted by Gasteiger charge is -2.25. The van der Waals surface area contributed by atoms with Gasteiger partial charge in [-0.15, -0.1) is 0 Å². The van der Waals surface area contributed by atoms with Gasteiger partial charge in [-0.1, -0.05) is 13.8 Å². The summed E-state index contributed by atoms with van der Waals surface area (Å²) in [4.78, 5) is 0. The van der Waals surface area contributed by atoms with Gasteiger partial charge in [0.1, 0.15) is 17.2 Å². The van der Waals surface area contributed by atoms with Gasteiger partial charge in [-0.3, -0.25) is 0 Å². The SMILES string of the molecule is CCNC(c1cc2cc(F)ccc2o1)C(CC)OCC. The number of nitrogens with one attached hydrogen (secondary N) is 1. The minimum absolute atomic E-state index is 0.0135. The zero-order valence-electron chi connectivity index (χ0n) is 12.3. The Balaban J connectivity index is 2.34. The Labute approximate surface area is 119 Å². The average Bonchev–Trinajstić information content (AvgIpc) is 2.85. The van der Waals surface area contributed by atoms with Crippen LogP contribution in [0.3, 0.4) is 0 Å². The van der Waals surface area contributed by atoms with Gasteiger partial charge in [-0.25, -0.2) is 4.39 Å². The summed E-state index contributed by atoms with van der Waals surface area (Å²) < 4.78 is 24.9. The highest BCUT2D eigenvalue weighted by molar-refractivity contribution is 5.78. The summed E-state index contributed by atoms with van der Waals surface area (Å²) in [5, 5.41) is 4.18. The fraction of sp³-hybridized carbons (Fsp3) is 0.500. The summed E-state index contributed by atoms with van der Waals surface area (Å²) in [5.74, 6) is 0.550. The second-order valence-electron chi connectivity index (χ2n) is 4.77. The fourth-order valence-corrected chi connectivity index (χ4v) is 2.49. The second-order valence-corrected chi connectivity index (χ2v) is 4.77. The molecule has 0 aliphatic carbocycles. The van der Waals surface area contributed by atoms with Crippen molar-refractivity contribution in [3.8, 4) is 0 Å². The highest BCUT2D eigenvalue weighted by atomic mass is 19.1. The van der Waals surface area contributed by atoms with E-state index >= 15 is 0 Å². The number of halogens is 1. The molecule has 110 valence electrons. The van der Waals surface area contributed by atoms with Gasteiger partial charge in [0.2, 0.25) is 0 Å². The number of furan rings is 1. The normalized spacial score (nSPS) is 14.6. The molecule has 2 rings (SSSR count). The van der Waals surface area contributed by atoms with Crippen molar-refractivity contribution in [3.05, 3.63) is 35.8 Å².